The lowest BCUT2D eigenvalue weighted by molar-refractivity contribution is -0.119. The maximum absolute atomic E-state index is 11.7. The zero-order valence-electron chi connectivity index (χ0n) is 12.3. The van der Waals surface area contributed by atoms with Crippen LogP contribution in [-0.4, -0.2) is 23.8 Å². The lowest BCUT2D eigenvalue weighted by Crippen LogP contribution is -2.25. The summed E-state index contributed by atoms with van der Waals surface area (Å²) in [5, 5.41) is 17.0. The predicted octanol–water partition coefficient (Wildman–Crippen LogP) is 3.57. The molecule has 0 atom stereocenters. The highest BCUT2D eigenvalue weighted by molar-refractivity contribution is 6.36. The van der Waals surface area contributed by atoms with Gasteiger partial charge in [-0.05, 0) is 31.2 Å². The van der Waals surface area contributed by atoms with Crippen LogP contribution in [0.3, 0.4) is 0 Å². The molecule has 0 spiro atoms. The van der Waals surface area contributed by atoms with Crippen molar-refractivity contribution in [2.45, 2.75) is 6.92 Å². The number of benzene rings is 2. The summed E-state index contributed by atoms with van der Waals surface area (Å²) in [6, 6.07) is 10.6. The van der Waals surface area contributed by atoms with Crippen molar-refractivity contribution in [3.63, 3.8) is 0 Å². The summed E-state index contributed by atoms with van der Waals surface area (Å²) in [6.45, 7) is 2.06. The van der Waals surface area contributed by atoms with Crippen LogP contribution in [0.25, 0.3) is 0 Å². The molecule has 0 aliphatic heterocycles. The first-order valence-electron chi connectivity index (χ1n) is 6.76. The number of rotatable bonds is 5. The van der Waals surface area contributed by atoms with E-state index < -0.39 is 0 Å². The van der Waals surface area contributed by atoms with E-state index in [1.54, 1.807) is 0 Å². The van der Waals surface area contributed by atoms with Gasteiger partial charge in [-0.15, -0.1) is 0 Å². The van der Waals surface area contributed by atoms with E-state index in [9.17, 15) is 9.90 Å². The van der Waals surface area contributed by atoms with Crippen molar-refractivity contribution in [3.05, 3.63) is 57.6 Å². The van der Waals surface area contributed by atoms with E-state index in [0.29, 0.717) is 10.6 Å². The number of hydrogen-bond acceptors (Lipinski definition) is 4. The number of carbonyl (C=O) groups is 1. The average Bonchev–Trinajstić information content (AvgIpc) is 2.51. The summed E-state index contributed by atoms with van der Waals surface area (Å²) >= 11 is 11.6. The second-order valence-electron chi connectivity index (χ2n) is 4.84. The second kappa shape index (κ2) is 7.85. The summed E-state index contributed by atoms with van der Waals surface area (Å²) in [5.74, 6) is -0.471. The van der Waals surface area contributed by atoms with Crippen LogP contribution >= 0.6 is 23.2 Å². The Morgan fingerprint density at radius 3 is 2.65 bits per heavy atom. The number of anilines is 1. The number of hydrogen-bond donors (Lipinski definition) is 3. The molecular formula is C16H15Cl2N3O2. The molecule has 23 heavy (non-hydrogen) atoms. The molecule has 0 saturated carbocycles. The van der Waals surface area contributed by atoms with Gasteiger partial charge in [0.25, 0.3) is 5.91 Å². The number of nitrogens with zero attached hydrogens (tertiary/aromatic N) is 1. The predicted molar refractivity (Wildman–Crippen MR) is 93.5 cm³/mol. The van der Waals surface area contributed by atoms with Crippen molar-refractivity contribution in [2.24, 2.45) is 5.10 Å². The molecular weight excluding hydrogens is 337 g/mol. The summed E-state index contributed by atoms with van der Waals surface area (Å²) in [7, 11) is 0. The van der Waals surface area contributed by atoms with Gasteiger partial charge in [-0.1, -0.05) is 40.9 Å². The number of halogens is 2. The van der Waals surface area contributed by atoms with E-state index in [-0.39, 0.29) is 23.2 Å². The van der Waals surface area contributed by atoms with Gasteiger partial charge in [0.1, 0.15) is 5.75 Å². The highest BCUT2D eigenvalue weighted by Gasteiger charge is 2.06. The number of aryl methyl sites for hydroxylation is 1. The first kappa shape index (κ1) is 17.1. The molecule has 0 saturated heterocycles. The number of hydrazone groups is 1. The normalized spacial score (nSPS) is 10.7. The number of phenolic OH excluding ortho intramolecular Hbond substituents is 1. The van der Waals surface area contributed by atoms with Gasteiger partial charge >= 0.3 is 0 Å². The standard InChI is InChI=1S/C16H15Cl2N3O2/c1-10-2-4-13(5-3-10)19-9-15(22)21-20-8-11-6-12(17)7-14(18)16(11)23/h2-8,19,23H,9H2,1H3,(H,21,22)/b20-8-. The minimum atomic E-state index is -0.325. The van der Waals surface area contributed by atoms with Crippen LogP contribution in [0.4, 0.5) is 5.69 Å². The summed E-state index contributed by atoms with van der Waals surface area (Å²) in [6.07, 6.45) is 1.27. The third-order valence-corrected chi connectivity index (χ3v) is 3.46. The number of aromatic hydroxyl groups is 1. The lowest BCUT2D eigenvalue weighted by atomic mass is 10.2. The maximum atomic E-state index is 11.7. The van der Waals surface area contributed by atoms with Crippen molar-refractivity contribution in [1.29, 1.82) is 0 Å². The highest BCUT2D eigenvalue weighted by atomic mass is 35.5. The Morgan fingerprint density at radius 1 is 1.26 bits per heavy atom. The second-order valence-corrected chi connectivity index (χ2v) is 5.68. The van der Waals surface area contributed by atoms with E-state index >= 15 is 0 Å². The van der Waals surface area contributed by atoms with Gasteiger partial charge in [0.05, 0.1) is 17.8 Å². The molecule has 120 valence electrons. The van der Waals surface area contributed by atoms with Gasteiger partial charge in [0, 0.05) is 16.3 Å². The molecule has 0 heterocycles. The molecule has 0 bridgehead atoms. The van der Waals surface area contributed by atoms with Crippen molar-refractivity contribution in [1.82, 2.24) is 5.43 Å². The molecule has 0 aliphatic carbocycles. The van der Waals surface area contributed by atoms with E-state index in [1.807, 2.05) is 31.2 Å². The Hall–Kier alpha value is -2.24. The topological polar surface area (TPSA) is 73.7 Å². The van der Waals surface area contributed by atoms with Gasteiger partial charge in [-0.25, -0.2) is 5.43 Å². The number of phenols is 1. The van der Waals surface area contributed by atoms with Gasteiger partial charge < -0.3 is 10.4 Å². The van der Waals surface area contributed by atoms with Crippen LogP contribution in [-0.2, 0) is 4.79 Å². The van der Waals surface area contributed by atoms with Crippen LogP contribution in [0.2, 0.25) is 10.0 Å². The zero-order chi connectivity index (χ0) is 16.8. The van der Waals surface area contributed by atoms with E-state index in [1.165, 1.54) is 18.3 Å². The minimum Gasteiger partial charge on any atom is -0.506 e. The molecule has 0 radical (unpaired) electrons. The highest BCUT2D eigenvalue weighted by Crippen LogP contribution is 2.29. The molecule has 0 unspecified atom stereocenters. The zero-order valence-corrected chi connectivity index (χ0v) is 13.8. The molecule has 0 aromatic heterocycles. The van der Waals surface area contributed by atoms with Crippen molar-refractivity contribution < 1.29 is 9.90 Å². The Bertz CT molecular complexity index is 731. The van der Waals surface area contributed by atoms with Gasteiger partial charge in [-0.3, -0.25) is 4.79 Å². The maximum Gasteiger partial charge on any atom is 0.259 e. The van der Waals surface area contributed by atoms with Gasteiger partial charge in [0.2, 0.25) is 0 Å². The quantitative estimate of drug-likeness (QED) is 0.569. The summed E-state index contributed by atoms with van der Waals surface area (Å²) in [4.78, 5) is 11.7. The first-order chi connectivity index (χ1) is 11.0. The molecule has 3 N–H and O–H groups in total. The minimum absolute atomic E-state index is 0.0721. The molecule has 0 aliphatic rings. The summed E-state index contributed by atoms with van der Waals surface area (Å²) in [5.41, 5.74) is 4.65. The van der Waals surface area contributed by atoms with Crippen LogP contribution < -0.4 is 10.7 Å². The van der Waals surface area contributed by atoms with Crippen LogP contribution in [0, 0.1) is 6.92 Å². The van der Waals surface area contributed by atoms with Crippen molar-refractivity contribution in [2.75, 3.05) is 11.9 Å². The summed E-state index contributed by atoms with van der Waals surface area (Å²) < 4.78 is 0. The molecule has 2 aromatic carbocycles. The van der Waals surface area contributed by atoms with Gasteiger partial charge in [-0.2, -0.15) is 5.10 Å². The average molecular weight is 352 g/mol. The van der Waals surface area contributed by atoms with Crippen molar-refractivity contribution in [3.8, 4) is 5.75 Å². The SMILES string of the molecule is Cc1ccc(NCC(=O)N/N=C\c2cc(Cl)cc(Cl)c2O)cc1. The molecule has 2 aromatic rings. The van der Waals surface area contributed by atoms with E-state index in [4.69, 9.17) is 23.2 Å². The van der Waals surface area contributed by atoms with Crippen LogP contribution in [0.15, 0.2) is 41.5 Å². The lowest BCUT2D eigenvalue weighted by Gasteiger charge is -2.05. The fourth-order valence-corrected chi connectivity index (χ4v) is 2.26. The van der Waals surface area contributed by atoms with E-state index in [0.717, 1.165) is 11.3 Å². The number of amides is 1. The fourth-order valence-electron chi connectivity index (χ4n) is 1.75. The molecule has 7 heteroatoms. The fraction of sp³-hybridized carbons (Fsp3) is 0.125. The third-order valence-electron chi connectivity index (χ3n) is 2.96. The Balaban J connectivity index is 1.88. The third kappa shape index (κ3) is 5.16. The Kier molecular flexibility index (Phi) is 5.84. The van der Waals surface area contributed by atoms with E-state index in [2.05, 4.69) is 15.8 Å². The van der Waals surface area contributed by atoms with Crippen molar-refractivity contribution >= 4 is 41.0 Å². The molecule has 0 fully saturated rings. The largest absolute Gasteiger partial charge is 0.506 e. The molecule has 2 rings (SSSR count). The first-order valence-corrected chi connectivity index (χ1v) is 7.52. The molecule has 1 amide bonds. The Labute approximate surface area is 143 Å². The number of carbonyl (C=O) groups excluding carboxylic acids is 1. The smallest absolute Gasteiger partial charge is 0.259 e. The monoisotopic (exact) mass is 351 g/mol. The van der Waals surface area contributed by atoms with Crippen LogP contribution in [0.5, 0.6) is 5.75 Å². The molecule has 5 nitrogen and oxygen atoms in total. The number of nitrogens with one attached hydrogen (secondary N) is 2. The Morgan fingerprint density at radius 2 is 1.96 bits per heavy atom. The van der Waals surface area contributed by atoms with Gasteiger partial charge in [0.15, 0.2) is 0 Å². The van der Waals surface area contributed by atoms with Crippen LogP contribution in [0.1, 0.15) is 11.1 Å².